The molecule has 3 aromatic rings. The van der Waals surface area contributed by atoms with Gasteiger partial charge in [0.2, 0.25) is 0 Å². The Morgan fingerprint density at radius 1 is 0.737 bits per heavy atom. The average molecular weight is 264 g/mol. The summed E-state index contributed by atoms with van der Waals surface area (Å²) in [7, 11) is 0. The third-order valence-corrected chi connectivity index (χ3v) is 4.08. The van der Waals surface area contributed by atoms with Gasteiger partial charge in [-0.2, -0.15) is 12.6 Å². The molecule has 0 aliphatic carbocycles. The molecule has 0 aliphatic heterocycles. The van der Waals surface area contributed by atoms with Crippen molar-refractivity contribution in [3.8, 4) is 0 Å². The van der Waals surface area contributed by atoms with E-state index in [0.717, 1.165) is 0 Å². The highest BCUT2D eigenvalue weighted by molar-refractivity contribution is 7.80. The van der Waals surface area contributed by atoms with Gasteiger partial charge in [-0.25, -0.2) is 0 Å². The van der Waals surface area contributed by atoms with Crippen molar-refractivity contribution < 1.29 is 0 Å². The van der Waals surface area contributed by atoms with Gasteiger partial charge in [0, 0.05) is 0 Å². The van der Waals surface area contributed by atoms with Crippen molar-refractivity contribution in [1.29, 1.82) is 0 Å². The van der Waals surface area contributed by atoms with Crippen LogP contribution in [0, 0.1) is 6.92 Å². The van der Waals surface area contributed by atoms with Gasteiger partial charge in [0.15, 0.2) is 0 Å². The molecule has 0 nitrogen and oxygen atoms in total. The second-order valence-electron chi connectivity index (χ2n) is 4.92. The van der Waals surface area contributed by atoms with Crippen molar-refractivity contribution in [2.45, 2.75) is 12.2 Å². The first-order chi connectivity index (χ1) is 9.24. The molecule has 0 saturated heterocycles. The maximum absolute atomic E-state index is 4.77. The van der Waals surface area contributed by atoms with Crippen LogP contribution in [0.2, 0.25) is 0 Å². The third-order valence-electron chi connectivity index (χ3n) is 3.48. The van der Waals surface area contributed by atoms with Crippen LogP contribution in [-0.2, 0) is 0 Å². The Balaban J connectivity index is 2.01. The first kappa shape index (κ1) is 12.3. The van der Waals surface area contributed by atoms with E-state index >= 15 is 0 Å². The van der Waals surface area contributed by atoms with Crippen molar-refractivity contribution >= 4 is 23.4 Å². The fraction of sp³-hybridized carbons (Fsp3) is 0.111. The Morgan fingerprint density at radius 2 is 1.37 bits per heavy atom. The highest BCUT2D eigenvalue weighted by Gasteiger charge is 2.09. The maximum atomic E-state index is 4.77. The summed E-state index contributed by atoms with van der Waals surface area (Å²) in [6.45, 7) is 2.10. The monoisotopic (exact) mass is 264 g/mol. The molecule has 0 saturated carbocycles. The van der Waals surface area contributed by atoms with Crippen molar-refractivity contribution in [2.24, 2.45) is 0 Å². The van der Waals surface area contributed by atoms with Crippen LogP contribution in [0.4, 0.5) is 0 Å². The largest absolute Gasteiger partial charge is 0.166 e. The van der Waals surface area contributed by atoms with Gasteiger partial charge in [-0.15, -0.1) is 0 Å². The summed E-state index contributed by atoms with van der Waals surface area (Å²) in [6, 6.07) is 23.6. The van der Waals surface area contributed by atoms with Crippen molar-refractivity contribution in [3.63, 3.8) is 0 Å². The topological polar surface area (TPSA) is 0 Å². The third kappa shape index (κ3) is 2.52. The first-order valence-corrected chi connectivity index (χ1v) is 6.99. The Hall–Kier alpha value is -1.73. The summed E-state index contributed by atoms with van der Waals surface area (Å²) in [6.07, 6.45) is 0. The number of hydrogen-bond acceptors (Lipinski definition) is 1. The van der Waals surface area contributed by atoms with Crippen LogP contribution in [0.25, 0.3) is 10.8 Å². The molecule has 0 radical (unpaired) electrons. The van der Waals surface area contributed by atoms with E-state index in [1.165, 1.54) is 27.5 Å². The maximum Gasteiger partial charge on any atom is 0.0516 e. The molecule has 1 heteroatoms. The van der Waals surface area contributed by atoms with Crippen LogP contribution >= 0.6 is 12.6 Å². The molecule has 0 aliphatic rings. The molecular formula is C18H16S. The van der Waals surface area contributed by atoms with Crippen molar-refractivity contribution in [3.05, 3.63) is 83.4 Å². The molecule has 0 N–H and O–H groups in total. The van der Waals surface area contributed by atoms with E-state index in [2.05, 4.69) is 73.7 Å². The Morgan fingerprint density at radius 3 is 2.11 bits per heavy atom. The minimum Gasteiger partial charge on any atom is -0.166 e. The van der Waals surface area contributed by atoms with E-state index in [0.29, 0.717) is 0 Å². The Labute approximate surface area is 119 Å². The van der Waals surface area contributed by atoms with E-state index < -0.39 is 0 Å². The van der Waals surface area contributed by atoms with Gasteiger partial charge in [-0.3, -0.25) is 0 Å². The molecule has 0 amide bonds. The zero-order valence-electron chi connectivity index (χ0n) is 10.9. The zero-order chi connectivity index (χ0) is 13.2. The van der Waals surface area contributed by atoms with Gasteiger partial charge < -0.3 is 0 Å². The molecule has 0 spiro atoms. The molecule has 3 aromatic carbocycles. The lowest BCUT2D eigenvalue weighted by Gasteiger charge is -2.13. The number of hydrogen-bond donors (Lipinski definition) is 1. The summed E-state index contributed by atoms with van der Waals surface area (Å²) in [5.74, 6) is 0. The van der Waals surface area contributed by atoms with Gasteiger partial charge in [0.05, 0.1) is 5.25 Å². The SMILES string of the molecule is Cc1ccc(C(S)c2ccc3ccccc3c2)cc1. The van der Waals surface area contributed by atoms with Crippen LogP contribution in [-0.4, -0.2) is 0 Å². The van der Waals surface area contributed by atoms with Crippen molar-refractivity contribution in [2.75, 3.05) is 0 Å². The molecule has 0 heterocycles. The van der Waals surface area contributed by atoms with Gasteiger partial charge in [-0.05, 0) is 34.9 Å². The van der Waals surface area contributed by atoms with Gasteiger partial charge >= 0.3 is 0 Å². The summed E-state index contributed by atoms with van der Waals surface area (Å²) in [5, 5.41) is 2.67. The molecular weight excluding hydrogens is 248 g/mol. The normalized spacial score (nSPS) is 12.5. The van der Waals surface area contributed by atoms with Crippen molar-refractivity contribution in [1.82, 2.24) is 0 Å². The zero-order valence-corrected chi connectivity index (χ0v) is 11.8. The van der Waals surface area contributed by atoms with E-state index in [1.54, 1.807) is 0 Å². The summed E-state index contributed by atoms with van der Waals surface area (Å²) >= 11 is 4.77. The fourth-order valence-electron chi connectivity index (χ4n) is 2.32. The number of aryl methyl sites for hydroxylation is 1. The molecule has 94 valence electrons. The lowest BCUT2D eigenvalue weighted by Crippen LogP contribution is -1.93. The predicted molar refractivity (Wildman–Crippen MR) is 86.0 cm³/mol. The minimum absolute atomic E-state index is 0.130. The summed E-state index contributed by atoms with van der Waals surface area (Å²) in [4.78, 5) is 0. The quantitative estimate of drug-likeness (QED) is 0.607. The molecule has 1 atom stereocenters. The number of benzene rings is 3. The number of thiol groups is 1. The van der Waals surface area contributed by atoms with Crippen LogP contribution in [0.15, 0.2) is 66.7 Å². The van der Waals surface area contributed by atoms with Crippen LogP contribution < -0.4 is 0 Å². The lowest BCUT2D eigenvalue weighted by atomic mass is 10.00. The minimum atomic E-state index is 0.130. The van der Waals surface area contributed by atoms with Gasteiger partial charge in [0.25, 0.3) is 0 Å². The second kappa shape index (κ2) is 5.10. The molecule has 19 heavy (non-hydrogen) atoms. The van der Waals surface area contributed by atoms with Crippen LogP contribution in [0.1, 0.15) is 21.9 Å². The molecule has 1 unspecified atom stereocenters. The van der Waals surface area contributed by atoms with Gasteiger partial charge in [0.1, 0.15) is 0 Å². The smallest absolute Gasteiger partial charge is 0.0516 e. The molecule has 0 aromatic heterocycles. The second-order valence-corrected chi connectivity index (χ2v) is 5.44. The number of rotatable bonds is 2. The Bertz CT molecular complexity index is 698. The standard InChI is InChI=1S/C18H16S/c1-13-6-8-15(9-7-13)18(19)17-11-10-14-4-2-3-5-16(14)12-17/h2-12,18-19H,1H3. The van der Waals surface area contributed by atoms with E-state index in [1.807, 2.05) is 0 Å². The summed E-state index contributed by atoms with van der Waals surface area (Å²) < 4.78 is 0. The van der Waals surface area contributed by atoms with E-state index in [9.17, 15) is 0 Å². The van der Waals surface area contributed by atoms with E-state index in [-0.39, 0.29) is 5.25 Å². The molecule has 3 rings (SSSR count). The fourth-order valence-corrected chi connectivity index (χ4v) is 2.65. The lowest BCUT2D eigenvalue weighted by molar-refractivity contribution is 1.17. The van der Waals surface area contributed by atoms with Crippen LogP contribution in [0.5, 0.6) is 0 Å². The molecule has 0 bridgehead atoms. The highest BCUT2D eigenvalue weighted by atomic mass is 32.1. The van der Waals surface area contributed by atoms with Gasteiger partial charge in [-0.1, -0.05) is 66.2 Å². The summed E-state index contributed by atoms with van der Waals surface area (Å²) in [5.41, 5.74) is 3.76. The number of fused-ring (bicyclic) bond motifs is 1. The average Bonchev–Trinajstić information content (AvgIpc) is 2.47. The Kier molecular flexibility index (Phi) is 3.31. The van der Waals surface area contributed by atoms with E-state index in [4.69, 9.17) is 12.6 Å². The van der Waals surface area contributed by atoms with Crippen LogP contribution in [0.3, 0.4) is 0 Å². The molecule has 0 fully saturated rings. The first-order valence-electron chi connectivity index (χ1n) is 6.47. The predicted octanol–water partition coefficient (Wildman–Crippen LogP) is 5.17. The highest BCUT2D eigenvalue weighted by Crippen LogP contribution is 2.30.